The number of amides is 1. The monoisotopic (exact) mass is 273 g/mol. The maximum Gasteiger partial charge on any atom is 0.311 e. The number of aromatic nitrogens is 2. The molecule has 0 unspecified atom stereocenters. The number of aliphatic carboxylic acids is 1. The van der Waals surface area contributed by atoms with Crippen LogP contribution in [0.1, 0.15) is 23.7 Å². The SMILES string of the molecule is C[C@]1(C(=O)O)CCN(C(=O)c2cccc3cn[nH]c23)C1. The number of carboxylic acid groups (broad SMARTS) is 1. The van der Waals surface area contributed by atoms with Crippen molar-refractivity contribution in [2.45, 2.75) is 13.3 Å². The van der Waals surface area contributed by atoms with Gasteiger partial charge in [-0.25, -0.2) is 0 Å². The number of hydrogen-bond acceptors (Lipinski definition) is 3. The fraction of sp³-hybridized carbons (Fsp3) is 0.357. The van der Waals surface area contributed by atoms with Crippen LogP contribution in [-0.2, 0) is 4.79 Å². The molecule has 2 N–H and O–H groups in total. The van der Waals surface area contributed by atoms with Gasteiger partial charge in [0.1, 0.15) is 0 Å². The smallest absolute Gasteiger partial charge is 0.311 e. The first-order valence-corrected chi connectivity index (χ1v) is 6.46. The molecule has 6 heteroatoms. The Morgan fingerprint density at radius 1 is 1.45 bits per heavy atom. The quantitative estimate of drug-likeness (QED) is 0.868. The average molecular weight is 273 g/mol. The van der Waals surface area contributed by atoms with Gasteiger partial charge in [0.2, 0.25) is 0 Å². The molecule has 3 rings (SSSR count). The molecule has 2 heterocycles. The Morgan fingerprint density at radius 3 is 2.95 bits per heavy atom. The molecule has 1 aliphatic rings. The number of H-pyrrole nitrogens is 1. The summed E-state index contributed by atoms with van der Waals surface area (Å²) in [6, 6.07) is 5.41. The third kappa shape index (κ3) is 1.84. The molecule has 104 valence electrons. The number of carboxylic acids is 1. The minimum absolute atomic E-state index is 0.148. The summed E-state index contributed by atoms with van der Waals surface area (Å²) in [6.45, 7) is 2.39. The van der Waals surface area contributed by atoms with E-state index in [1.165, 1.54) is 0 Å². The van der Waals surface area contributed by atoms with E-state index in [4.69, 9.17) is 0 Å². The fourth-order valence-electron chi connectivity index (χ4n) is 2.63. The summed E-state index contributed by atoms with van der Waals surface area (Å²) in [5, 5.41) is 16.9. The molecule has 1 aliphatic heterocycles. The lowest BCUT2D eigenvalue weighted by atomic mass is 9.90. The van der Waals surface area contributed by atoms with E-state index in [9.17, 15) is 14.7 Å². The highest BCUT2D eigenvalue weighted by Gasteiger charge is 2.42. The highest BCUT2D eigenvalue weighted by Crippen LogP contribution is 2.31. The molecule has 0 bridgehead atoms. The zero-order chi connectivity index (χ0) is 14.3. The summed E-state index contributed by atoms with van der Waals surface area (Å²) in [4.78, 5) is 25.4. The van der Waals surface area contributed by atoms with Crippen LogP contribution in [0.25, 0.3) is 10.9 Å². The zero-order valence-electron chi connectivity index (χ0n) is 11.1. The third-order valence-electron chi connectivity index (χ3n) is 3.98. The van der Waals surface area contributed by atoms with Gasteiger partial charge in [0.25, 0.3) is 5.91 Å². The lowest BCUT2D eigenvalue weighted by Gasteiger charge is -2.20. The van der Waals surface area contributed by atoms with Gasteiger partial charge in [-0.3, -0.25) is 14.7 Å². The Bertz CT molecular complexity index is 694. The second kappa shape index (κ2) is 4.33. The molecule has 1 amide bonds. The Labute approximate surface area is 115 Å². The third-order valence-corrected chi connectivity index (χ3v) is 3.98. The van der Waals surface area contributed by atoms with Crippen LogP contribution in [0.4, 0.5) is 0 Å². The van der Waals surface area contributed by atoms with Crippen LogP contribution in [-0.4, -0.2) is 45.2 Å². The Kier molecular flexibility index (Phi) is 2.74. The van der Waals surface area contributed by atoms with Gasteiger partial charge in [-0.15, -0.1) is 0 Å². The van der Waals surface area contributed by atoms with Crippen LogP contribution in [0.2, 0.25) is 0 Å². The molecule has 2 aromatic rings. The molecule has 6 nitrogen and oxygen atoms in total. The minimum Gasteiger partial charge on any atom is -0.481 e. The lowest BCUT2D eigenvalue weighted by Crippen LogP contribution is -2.34. The van der Waals surface area contributed by atoms with Gasteiger partial charge in [0.05, 0.1) is 22.7 Å². The van der Waals surface area contributed by atoms with Crippen molar-refractivity contribution in [3.8, 4) is 0 Å². The molecule has 1 fully saturated rings. The molecular weight excluding hydrogens is 258 g/mol. The molecular formula is C14H15N3O3. The fourth-order valence-corrected chi connectivity index (χ4v) is 2.63. The second-order valence-electron chi connectivity index (χ2n) is 5.48. The predicted molar refractivity (Wildman–Crippen MR) is 72.4 cm³/mol. The van der Waals surface area contributed by atoms with E-state index in [0.717, 1.165) is 5.39 Å². The van der Waals surface area contributed by atoms with Crippen LogP contribution < -0.4 is 0 Å². The van der Waals surface area contributed by atoms with E-state index in [1.807, 2.05) is 6.07 Å². The molecule has 1 saturated heterocycles. The molecule has 1 aromatic carbocycles. The average Bonchev–Trinajstić information content (AvgIpc) is 3.04. The Morgan fingerprint density at radius 2 is 2.25 bits per heavy atom. The highest BCUT2D eigenvalue weighted by molar-refractivity contribution is 6.05. The number of fused-ring (bicyclic) bond motifs is 1. The van der Waals surface area contributed by atoms with Crippen molar-refractivity contribution in [2.24, 2.45) is 5.41 Å². The number of rotatable bonds is 2. The normalized spacial score (nSPS) is 22.4. The highest BCUT2D eigenvalue weighted by atomic mass is 16.4. The summed E-state index contributed by atoms with van der Waals surface area (Å²) >= 11 is 0. The number of aromatic amines is 1. The molecule has 1 atom stereocenters. The van der Waals surface area contributed by atoms with E-state index >= 15 is 0 Å². The Hall–Kier alpha value is -2.37. The van der Waals surface area contributed by atoms with Crippen molar-refractivity contribution in [3.05, 3.63) is 30.0 Å². The number of nitrogens with zero attached hydrogens (tertiary/aromatic N) is 2. The first kappa shape index (κ1) is 12.7. The predicted octanol–water partition coefficient (Wildman–Crippen LogP) is 1.50. The molecule has 0 spiro atoms. The summed E-state index contributed by atoms with van der Waals surface area (Å²) in [5.74, 6) is -1.00. The first-order valence-electron chi connectivity index (χ1n) is 6.46. The van der Waals surface area contributed by atoms with Gasteiger partial charge in [-0.05, 0) is 19.4 Å². The first-order chi connectivity index (χ1) is 9.51. The van der Waals surface area contributed by atoms with Crippen molar-refractivity contribution in [3.63, 3.8) is 0 Å². The minimum atomic E-state index is -0.854. The number of para-hydroxylation sites is 1. The standard InChI is InChI=1S/C14H15N3O3/c1-14(13(19)20)5-6-17(8-14)12(18)10-4-2-3-9-7-15-16-11(9)10/h2-4,7H,5-6,8H2,1H3,(H,15,16)(H,19,20)/t14-/m0/s1. The van der Waals surface area contributed by atoms with E-state index < -0.39 is 11.4 Å². The van der Waals surface area contributed by atoms with Crippen molar-refractivity contribution < 1.29 is 14.7 Å². The van der Waals surface area contributed by atoms with Crippen molar-refractivity contribution in [2.75, 3.05) is 13.1 Å². The van der Waals surface area contributed by atoms with E-state index in [2.05, 4.69) is 10.2 Å². The largest absolute Gasteiger partial charge is 0.481 e. The van der Waals surface area contributed by atoms with Crippen LogP contribution in [0.5, 0.6) is 0 Å². The van der Waals surface area contributed by atoms with Crippen LogP contribution in [0.15, 0.2) is 24.4 Å². The van der Waals surface area contributed by atoms with Gasteiger partial charge < -0.3 is 10.0 Å². The zero-order valence-corrected chi connectivity index (χ0v) is 11.1. The van der Waals surface area contributed by atoms with Crippen molar-refractivity contribution >= 4 is 22.8 Å². The van der Waals surface area contributed by atoms with Gasteiger partial charge >= 0.3 is 5.97 Å². The molecule has 0 radical (unpaired) electrons. The number of carbonyl (C=O) groups is 2. The lowest BCUT2D eigenvalue weighted by molar-refractivity contribution is -0.147. The molecule has 1 aromatic heterocycles. The van der Waals surface area contributed by atoms with Gasteiger partial charge in [-0.2, -0.15) is 5.10 Å². The number of nitrogens with one attached hydrogen (secondary N) is 1. The summed E-state index contributed by atoms with van der Waals surface area (Å²) in [6.07, 6.45) is 2.14. The van der Waals surface area contributed by atoms with Gasteiger partial charge in [0, 0.05) is 18.5 Å². The van der Waals surface area contributed by atoms with Crippen molar-refractivity contribution in [1.29, 1.82) is 0 Å². The topological polar surface area (TPSA) is 86.3 Å². The maximum absolute atomic E-state index is 12.6. The van der Waals surface area contributed by atoms with Gasteiger partial charge in [0.15, 0.2) is 0 Å². The number of benzene rings is 1. The maximum atomic E-state index is 12.6. The van der Waals surface area contributed by atoms with E-state index in [-0.39, 0.29) is 12.5 Å². The number of likely N-dealkylation sites (tertiary alicyclic amines) is 1. The van der Waals surface area contributed by atoms with Crippen LogP contribution in [0.3, 0.4) is 0 Å². The Balaban J connectivity index is 1.91. The van der Waals surface area contributed by atoms with Gasteiger partial charge in [-0.1, -0.05) is 12.1 Å². The summed E-state index contributed by atoms with van der Waals surface area (Å²) in [7, 11) is 0. The summed E-state index contributed by atoms with van der Waals surface area (Å²) in [5.41, 5.74) is 0.383. The van der Waals surface area contributed by atoms with E-state index in [0.29, 0.717) is 24.0 Å². The number of hydrogen-bond donors (Lipinski definition) is 2. The van der Waals surface area contributed by atoms with E-state index in [1.54, 1.807) is 30.2 Å². The van der Waals surface area contributed by atoms with Crippen LogP contribution >= 0.6 is 0 Å². The molecule has 0 saturated carbocycles. The second-order valence-corrected chi connectivity index (χ2v) is 5.48. The van der Waals surface area contributed by atoms with Crippen LogP contribution in [0, 0.1) is 5.41 Å². The van der Waals surface area contributed by atoms with Crippen molar-refractivity contribution in [1.82, 2.24) is 15.1 Å². The number of carbonyl (C=O) groups excluding carboxylic acids is 1. The molecule has 0 aliphatic carbocycles. The summed E-state index contributed by atoms with van der Waals surface area (Å²) < 4.78 is 0. The molecule has 20 heavy (non-hydrogen) atoms.